The fourth-order valence-corrected chi connectivity index (χ4v) is 1.96. The van der Waals surface area contributed by atoms with E-state index in [-0.39, 0.29) is 6.42 Å². The molecule has 2 rings (SSSR count). The van der Waals surface area contributed by atoms with Gasteiger partial charge in [-0.2, -0.15) is 13.2 Å². The minimum absolute atomic E-state index is 0.0989. The lowest BCUT2D eigenvalue weighted by Gasteiger charge is -2.09. The van der Waals surface area contributed by atoms with E-state index < -0.39 is 12.6 Å². The normalized spacial score (nSPS) is 11.9. The molecule has 0 saturated carbocycles. The van der Waals surface area contributed by atoms with Crippen LogP contribution >= 0.6 is 0 Å². The lowest BCUT2D eigenvalue weighted by atomic mass is 10.1. The van der Waals surface area contributed by atoms with Crippen LogP contribution in [0.2, 0.25) is 0 Å². The summed E-state index contributed by atoms with van der Waals surface area (Å²) in [6.45, 7) is 0.884. The first-order chi connectivity index (χ1) is 9.06. The van der Waals surface area contributed by atoms with Crippen LogP contribution in [-0.2, 0) is 6.54 Å². The van der Waals surface area contributed by atoms with Crippen LogP contribution in [0, 0.1) is 0 Å². The summed E-state index contributed by atoms with van der Waals surface area (Å²) in [6, 6.07) is 7.83. The Balaban J connectivity index is 1.88. The Morgan fingerprint density at radius 3 is 2.68 bits per heavy atom. The molecular weight excluding hydrogens is 253 g/mol. The fraction of sp³-hybridized carbons (Fsp3) is 0.357. The number of fused-ring (bicyclic) bond motifs is 1. The molecule has 1 heterocycles. The fourth-order valence-electron chi connectivity index (χ4n) is 1.96. The zero-order valence-corrected chi connectivity index (χ0v) is 10.4. The summed E-state index contributed by atoms with van der Waals surface area (Å²) in [5, 5.41) is 5.15. The van der Waals surface area contributed by atoms with Gasteiger partial charge in [0.05, 0.1) is 0 Å². The van der Waals surface area contributed by atoms with Crippen molar-refractivity contribution in [3.63, 3.8) is 0 Å². The van der Waals surface area contributed by atoms with Gasteiger partial charge in [0.1, 0.15) is 0 Å². The molecule has 0 bridgehead atoms. The quantitative estimate of drug-likeness (QED) is 0.837. The molecule has 0 saturated heterocycles. The molecule has 0 aliphatic heterocycles. The number of aromatic nitrogens is 1. The highest BCUT2D eigenvalue weighted by Crippen LogP contribution is 2.21. The van der Waals surface area contributed by atoms with Gasteiger partial charge in [0, 0.05) is 30.7 Å². The third-order valence-corrected chi connectivity index (χ3v) is 2.88. The van der Waals surface area contributed by atoms with Crippen LogP contribution in [0.15, 0.2) is 36.7 Å². The maximum Gasteiger partial charge on any atom is 0.389 e. The Morgan fingerprint density at radius 1 is 1.11 bits per heavy atom. The highest BCUT2D eigenvalue weighted by molar-refractivity contribution is 5.84. The van der Waals surface area contributed by atoms with Gasteiger partial charge in [0.2, 0.25) is 0 Å². The Hall–Kier alpha value is -1.62. The number of hydrogen-bond donors (Lipinski definition) is 1. The van der Waals surface area contributed by atoms with Crippen molar-refractivity contribution in [2.75, 3.05) is 6.54 Å². The minimum Gasteiger partial charge on any atom is -0.313 e. The van der Waals surface area contributed by atoms with E-state index in [9.17, 15) is 13.2 Å². The van der Waals surface area contributed by atoms with Crippen molar-refractivity contribution in [3.05, 3.63) is 42.2 Å². The van der Waals surface area contributed by atoms with Crippen molar-refractivity contribution in [2.24, 2.45) is 0 Å². The molecule has 0 amide bonds. The van der Waals surface area contributed by atoms with Crippen LogP contribution in [0.4, 0.5) is 13.2 Å². The van der Waals surface area contributed by atoms with Gasteiger partial charge in [0.15, 0.2) is 0 Å². The third kappa shape index (κ3) is 4.21. The monoisotopic (exact) mass is 268 g/mol. The number of rotatable bonds is 5. The molecule has 102 valence electrons. The van der Waals surface area contributed by atoms with Crippen LogP contribution in [-0.4, -0.2) is 17.7 Å². The summed E-state index contributed by atoms with van der Waals surface area (Å²) < 4.78 is 35.9. The third-order valence-electron chi connectivity index (χ3n) is 2.88. The lowest BCUT2D eigenvalue weighted by Crippen LogP contribution is -2.18. The Kier molecular flexibility index (Phi) is 4.37. The lowest BCUT2D eigenvalue weighted by molar-refractivity contribution is -0.135. The summed E-state index contributed by atoms with van der Waals surface area (Å²) in [5.74, 6) is 0. The maximum atomic E-state index is 12.0. The summed E-state index contributed by atoms with van der Waals surface area (Å²) in [4.78, 5) is 4.13. The van der Waals surface area contributed by atoms with Gasteiger partial charge in [-0.05, 0) is 23.9 Å². The molecule has 2 aromatic rings. The largest absolute Gasteiger partial charge is 0.389 e. The SMILES string of the molecule is FC(F)(F)CCCNCc1cncc2ccccc12. The van der Waals surface area contributed by atoms with Gasteiger partial charge in [-0.15, -0.1) is 0 Å². The van der Waals surface area contributed by atoms with E-state index in [4.69, 9.17) is 0 Å². The molecule has 5 heteroatoms. The molecule has 0 atom stereocenters. The van der Waals surface area contributed by atoms with Crippen molar-refractivity contribution in [1.82, 2.24) is 10.3 Å². The predicted octanol–water partition coefficient (Wildman–Crippen LogP) is 3.67. The van der Waals surface area contributed by atoms with Gasteiger partial charge in [-0.3, -0.25) is 4.98 Å². The van der Waals surface area contributed by atoms with Crippen LogP contribution < -0.4 is 5.32 Å². The van der Waals surface area contributed by atoms with E-state index in [2.05, 4.69) is 10.3 Å². The Labute approximate surface area is 109 Å². The second-order valence-electron chi connectivity index (χ2n) is 4.42. The summed E-state index contributed by atoms with van der Waals surface area (Å²) in [5.41, 5.74) is 1.00. The summed E-state index contributed by atoms with van der Waals surface area (Å²) >= 11 is 0. The molecule has 0 unspecified atom stereocenters. The van der Waals surface area contributed by atoms with Crippen molar-refractivity contribution >= 4 is 10.8 Å². The van der Waals surface area contributed by atoms with Crippen molar-refractivity contribution in [1.29, 1.82) is 0 Å². The average molecular weight is 268 g/mol. The molecule has 2 nitrogen and oxygen atoms in total. The van der Waals surface area contributed by atoms with Crippen molar-refractivity contribution in [2.45, 2.75) is 25.6 Å². The number of hydrogen-bond acceptors (Lipinski definition) is 2. The number of halogens is 3. The molecule has 0 aliphatic carbocycles. The summed E-state index contributed by atoms with van der Waals surface area (Å²) in [6.07, 6.45) is -1.18. The number of nitrogens with zero attached hydrogens (tertiary/aromatic N) is 1. The number of benzene rings is 1. The number of pyridine rings is 1. The summed E-state index contributed by atoms with van der Waals surface area (Å²) in [7, 11) is 0. The molecule has 0 fully saturated rings. The van der Waals surface area contributed by atoms with Crippen LogP contribution in [0.25, 0.3) is 10.8 Å². The van der Waals surface area contributed by atoms with E-state index in [0.717, 1.165) is 16.3 Å². The maximum absolute atomic E-state index is 12.0. The van der Waals surface area contributed by atoms with E-state index in [0.29, 0.717) is 13.1 Å². The number of alkyl halides is 3. The number of nitrogens with one attached hydrogen (secondary N) is 1. The molecule has 1 aromatic carbocycles. The Bertz CT molecular complexity index is 532. The van der Waals surface area contributed by atoms with E-state index >= 15 is 0 Å². The molecule has 0 spiro atoms. The van der Waals surface area contributed by atoms with Crippen molar-refractivity contribution < 1.29 is 13.2 Å². The zero-order chi connectivity index (χ0) is 13.7. The molecule has 1 N–H and O–H groups in total. The zero-order valence-electron chi connectivity index (χ0n) is 10.4. The van der Waals surface area contributed by atoms with E-state index in [1.165, 1.54) is 0 Å². The predicted molar refractivity (Wildman–Crippen MR) is 68.7 cm³/mol. The Morgan fingerprint density at radius 2 is 1.89 bits per heavy atom. The van der Waals surface area contributed by atoms with Crippen LogP contribution in [0.1, 0.15) is 18.4 Å². The van der Waals surface area contributed by atoms with Gasteiger partial charge in [0.25, 0.3) is 0 Å². The molecular formula is C14H15F3N2. The standard InChI is InChI=1S/C14H15F3N2/c15-14(16,17)6-3-7-18-9-12-10-19-8-11-4-1-2-5-13(11)12/h1-2,4-5,8,10,18H,3,6-7,9H2. The van der Waals surface area contributed by atoms with Gasteiger partial charge in [-0.25, -0.2) is 0 Å². The first kappa shape index (κ1) is 13.8. The molecule has 0 radical (unpaired) electrons. The van der Waals surface area contributed by atoms with Crippen LogP contribution in [0.3, 0.4) is 0 Å². The topological polar surface area (TPSA) is 24.9 Å². The van der Waals surface area contributed by atoms with Gasteiger partial charge in [-0.1, -0.05) is 24.3 Å². The highest BCUT2D eigenvalue weighted by atomic mass is 19.4. The second kappa shape index (κ2) is 6.02. The first-order valence-corrected chi connectivity index (χ1v) is 6.15. The van der Waals surface area contributed by atoms with Crippen LogP contribution in [0.5, 0.6) is 0 Å². The minimum atomic E-state index is -4.07. The van der Waals surface area contributed by atoms with Gasteiger partial charge >= 0.3 is 6.18 Å². The van der Waals surface area contributed by atoms with E-state index in [1.54, 1.807) is 12.4 Å². The molecule has 0 aliphatic rings. The van der Waals surface area contributed by atoms with E-state index in [1.807, 2.05) is 24.3 Å². The van der Waals surface area contributed by atoms with Crippen molar-refractivity contribution in [3.8, 4) is 0 Å². The van der Waals surface area contributed by atoms with Gasteiger partial charge < -0.3 is 5.32 Å². The smallest absolute Gasteiger partial charge is 0.313 e. The second-order valence-corrected chi connectivity index (χ2v) is 4.42. The highest BCUT2D eigenvalue weighted by Gasteiger charge is 2.25. The average Bonchev–Trinajstić information content (AvgIpc) is 2.37. The molecule has 19 heavy (non-hydrogen) atoms. The first-order valence-electron chi connectivity index (χ1n) is 6.15. The molecule has 1 aromatic heterocycles.